The van der Waals surface area contributed by atoms with Gasteiger partial charge in [-0.2, -0.15) is 0 Å². The van der Waals surface area contributed by atoms with Crippen LogP contribution in [0.4, 0.5) is 0 Å². The fourth-order valence-corrected chi connectivity index (χ4v) is 2.95. The Hall–Kier alpha value is -0.120. The quantitative estimate of drug-likeness (QED) is 0.745. The summed E-state index contributed by atoms with van der Waals surface area (Å²) in [5.41, 5.74) is 0. The van der Waals surface area contributed by atoms with Crippen molar-refractivity contribution in [1.82, 2.24) is 10.2 Å². The van der Waals surface area contributed by atoms with Crippen molar-refractivity contribution in [2.45, 2.75) is 59.1 Å². The number of nitrogens with one attached hydrogen (secondary N) is 1. The van der Waals surface area contributed by atoms with E-state index in [2.05, 4.69) is 45.0 Å². The van der Waals surface area contributed by atoms with Crippen molar-refractivity contribution in [2.75, 3.05) is 26.7 Å². The van der Waals surface area contributed by atoms with Crippen LogP contribution in [0.25, 0.3) is 0 Å². The van der Waals surface area contributed by atoms with Crippen LogP contribution in [0.15, 0.2) is 0 Å². The smallest absolute Gasteiger partial charge is 0.0566 e. The van der Waals surface area contributed by atoms with Crippen LogP contribution in [0.1, 0.15) is 47.0 Å². The normalized spacial score (nSPS) is 27.2. The molecule has 0 aliphatic carbocycles. The van der Waals surface area contributed by atoms with Gasteiger partial charge in [0.15, 0.2) is 0 Å². The van der Waals surface area contributed by atoms with Crippen molar-refractivity contribution in [3.63, 3.8) is 0 Å². The predicted octanol–water partition coefficient (Wildman–Crippen LogP) is 2.35. The van der Waals surface area contributed by atoms with Crippen LogP contribution in [0.2, 0.25) is 0 Å². The number of hydrogen-bond donors (Lipinski definition) is 2. The number of hydrogen-bond acceptors (Lipinski definition) is 3. The summed E-state index contributed by atoms with van der Waals surface area (Å²) in [6, 6.07) is 0.599. The molecular weight excluding hydrogens is 236 g/mol. The monoisotopic (exact) mass is 270 g/mol. The fraction of sp³-hybridized carbons (Fsp3) is 1.00. The van der Waals surface area contributed by atoms with Gasteiger partial charge < -0.3 is 15.3 Å². The summed E-state index contributed by atoms with van der Waals surface area (Å²) < 4.78 is 0. The van der Waals surface area contributed by atoms with E-state index in [1.807, 2.05) is 0 Å². The SMILES string of the molecule is CC(C)CCNC1CC(CC(O)C(C)C)CN(C)C1. The third-order valence-electron chi connectivity index (χ3n) is 4.22. The van der Waals surface area contributed by atoms with E-state index >= 15 is 0 Å². The average molecular weight is 270 g/mol. The van der Waals surface area contributed by atoms with Crippen LogP contribution < -0.4 is 5.32 Å². The maximum absolute atomic E-state index is 10.1. The molecule has 1 aliphatic heterocycles. The molecule has 1 fully saturated rings. The molecule has 0 aromatic rings. The third kappa shape index (κ3) is 6.73. The summed E-state index contributed by atoms with van der Waals surface area (Å²) in [5.74, 6) is 1.78. The van der Waals surface area contributed by atoms with Crippen molar-refractivity contribution in [3.05, 3.63) is 0 Å². The van der Waals surface area contributed by atoms with Crippen molar-refractivity contribution in [3.8, 4) is 0 Å². The molecule has 0 aromatic carbocycles. The van der Waals surface area contributed by atoms with Crippen molar-refractivity contribution in [2.24, 2.45) is 17.8 Å². The molecule has 0 spiro atoms. The molecule has 0 amide bonds. The second kappa shape index (κ2) is 8.23. The number of nitrogens with zero attached hydrogens (tertiary/aromatic N) is 1. The van der Waals surface area contributed by atoms with Crippen molar-refractivity contribution >= 4 is 0 Å². The lowest BCUT2D eigenvalue weighted by Crippen LogP contribution is -2.48. The van der Waals surface area contributed by atoms with Gasteiger partial charge >= 0.3 is 0 Å². The summed E-state index contributed by atoms with van der Waals surface area (Å²) in [7, 11) is 2.20. The van der Waals surface area contributed by atoms with E-state index in [0.717, 1.165) is 32.0 Å². The summed E-state index contributed by atoms with van der Waals surface area (Å²) >= 11 is 0. The lowest BCUT2D eigenvalue weighted by atomic mass is 9.87. The predicted molar refractivity (Wildman–Crippen MR) is 82.3 cm³/mol. The number of likely N-dealkylation sites (N-methyl/N-ethyl adjacent to an activating group) is 1. The number of likely N-dealkylation sites (tertiary alicyclic amines) is 1. The van der Waals surface area contributed by atoms with Gasteiger partial charge in [0, 0.05) is 19.1 Å². The molecule has 114 valence electrons. The fourth-order valence-electron chi connectivity index (χ4n) is 2.95. The molecule has 1 rings (SSSR count). The molecule has 3 heteroatoms. The van der Waals surface area contributed by atoms with E-state index in [0.29, 0.717) is 17.9 Å². The summed E-state index contributed by atoms with van der Waals surface area (Å²) in [6.45, 7) is 12.2. The van der Waals surface area contributed by atoms with Crippen LogP contribution in [-0.2, 0) is 0 Å². The standard InChI is InChI=1S/C16H34N2O/c1-12(2)6-7-17-15-8-14(10-18(5)11-15)9-16(19)13(3)4/h12-17,19H,6-11H2,1-5H3. The van der Waals surface area contributed by atoms with Gasteiger partial charge in [0.1, 0.15) is 0 Å². The maximum Gasteiger partial charge on any atom is 0.0566 e. The number of piperidine rings is 1. The Morgan fingerprint density at radius 1 is 1.21 bits per heavy atom. The first-order chi connectivity index (χ1) is 8.88. The number of rotatable bonds is 7. The molecule has 1 heterocycles. The zero-order chi connectivity index (χ0) is 14.4. The second-order valence-corrected chi connectivity index (χ2v) is 7.20. The van der Waals surface area contributed by atoms with Crippen molar-refractivity contribution < 1.29 is 5.11 Å². The van der Waals surface area contributed by atoms with Gasteiger partial charge in [0.25, 0.3) is 0 Å². The molecular formula is C16H34N2O. The Morgan fingerprint density at radius 3 is 2.47 bits per heavy atom. The number of aliphatic hydroxyl groups is 1. The molecule has 1 aliphatic rings. The molecule has 19 heavy (non-hydrogen) atoms. The molecule has 0 aromatic heterocycles. The Kier molecular flexibility index (Phi) is 7.33. The van der Waals surface area contributed by atoms with E-state index in [9.17, 15) is 5.11 Å². The second-order valence-electron chi connectivity index (χ2n) is 7.20. The highest BCUT2D eigenvalue weighted by molar-refractivity contribution is 4.83. The van der Waals surface area contributed by atoms with Gasteiger partial charge in [-0.05, 0) is 50.6 Å². The van der Waals surface area contributed by atoms with Crippen LogP contribution in [0.5, 0.6) is 0 Å². The van der Waals surface area contributed by atoms with Gasteiger partial charge in [-0.25, -0.2) is 0 Å². The Bertz CT molecular complexity index is 243. The number of aliphatic hydroxyl groups excluding tert-OH is 1. The molecule has 3 nitrogen and oxygen atoms in total. The molecule has 3 atom stereocenters. The molecule has 2 N–H and O–H groups in total. The Labute approximate surface area is 119 Å². The molecule has 0 saturated carbocycles. The highest BCUT2D eigenvalue weighted by atomic mass is 16.3. The largest absolute Gasteiger partial charge is 0.393 e. The van der Waals surface area contributed by atoms with Crippen LogP contribution in [-0.4, -0.2) is 48.8 Å². The first-order valence-corrected chi connectivity index (χ1v) is 7.98. The van der Waals surface area contributed by atoms with Crippen LogP contribution in [0.3, 0.4) is 0 Å². The summed E-state index contributed by atoms with van der Waals surface area (Å²) in [5, 5.41) is 13.8. The molecule has 3 unspecified atom stereocenters. The zero-order valence-electron chi connectivity index (χ0n) is 13.5. The van der Waals surface area contributed by atoms with Crippen LogP contribution >= 0.6 is 0 Å². The van der Waals surface area contributed by atoms with E-state index in [4.69, 9.17) is 0 Å². The molecule has 0 bridgehead atoms. The van der Waals surface area contributed by atoms with E-state index < -0.39 is 0 Å². The zero-order valence-corrected chi connectivity index (χ0v) is 13.5. The minimum atomic E-state index is -0.146. The van der Waals surface area contributed by atoms with E-state index in [1.165, 1.54) is 12.8 Å². The van der Waals surface area contributed by atoms with Gasteiger partial charge in [-0.15, -0.1) is 0 Å². The third-order valence-corrected chi connectivity index (χ3v) is 4.22. The van der Waals surface area contributed by atoms with E-state index in [-0.39, 0.29) is 6.10 Å². The molecule has 1 saturated heterocycles. The van der Waals surface area contributed by atoms with Gasteiger partial charge in [-0.1, -0.05) is 27.7 Å². The summed E-state index contributed by atoms with van der Waals surface area (Å²) in [4.78, 5) is 2.41. The van der Waals surface area contributed by atoms with Crippen LogP contribution in [0, 0.1) is 17.8 Å². The maximum atomic E-state index is 10.1. The van der Waals surface area contributed by atoms with Crippen molar-refractivity contribution in [1.29, 1.82) is 0 Å². The van der Waals surface area contributed by atoms with Gasteiger partial charge in [-0.3, -0.25) is 0 Å². The minimum absolute atomic E-state index is 0.146. The lowest BCUT2D eigenvalue weighted by molar-refractivity contribution is 0.0685. The average Bonchev–Trinajstić information content (AvgIpc) is 2.27. The first kappa shape index (κ1) is 16.9. The van der Waals surface area contributed by atoms with E-state index in [1.54, 1.807) is 0 Å². The highest BCUT2D eigenvalue weighted by Crippen LogP contribution is 2.23. The highest BCUT2D eigenvalue weighted by Gasteiger charge is 2.27. The topological polar surface area (TPSA) is 35.5 Å². The van der Waals surface area contributed by atoms with Gasteiger partial charge in [0.2, 0.25) is 0 Å². The summed E-state index contributed by atoms with van der Waals surface area (Å²) in [6.07, 6.45) is 3.27. The lowest BCUT2D eigenvalue weighted by Gasteiger charge is -2.37. The first-order valence-electron chi connectivity index (χ1n) is 7.98. The van der Waals surface area contributed by atoms with Gasteiger partial charge in [0.05, 0.1) is 6.10 Å². The Balaban J connectivity index is 2.35. The Morgan fingerprint density at radius 2 is 1.89 bits per heavy atom. The molecule has 0 radical (unpaired) electrons. The minimum Gasteiger partial charge on any atom is -0.393 e.